The van der Waals surface area contributed by atoms with Gasteiger partial charge in [-0.1, -0.05) is 11.3 Å². The minimum absolute atomic E-state index is 0.135. The van der Waals surface area contributed by atoms with Crippen molar-refractivity contribution in [3.8, 4) is 0 Å². The summed E-state index contributed by atoms with van der Waals surface area (Å²) < 4.78 is 37.8. The topological polar surface area (TPSA) is 31.9 Å². The van der Waals surface area contributed by atoms with Crippen LogP contribution in [-0.2, 0) is 0 Å². The molecular weight excluding hydrogens is 259 g/mol. The van der Waals surface area contributed by atoms with E-state index in [-0.39, 0.29) is 12.8 Å². The molecule has 0 amide bonds. The first-order valence-electron chi connectivity index (χ1n) is 4.84. The van der Waals surface area contributed by atoms with E-state index < -0.39 is 12.1 Å². The Kier molecular flexibility index (Phi) is 3.20. The van der Waals surface area contributed by atoms with E-state index in [1.807, 2.05) is 4.90 Å². The van der Waals surface area contributed by atoms with Crippen molar-refractivity contribution in [3.05, 3.63) is 3.95 Å². The number of nitrogens with zero attached hydrogens (tertiary/aromatic N) is 2. The maximum absolute atomic E-state index is 12.4. The van der Waals surface area contributed by atoms with Gasteiger partial charge in [0.05, 0.1) is 5.92 Å². The van der Waals surface area contributed by atoms with Gasteiger partial charge in [-0.05, 0) is 25.1 Å². The van der Waals surface area contributed by atoms with Gasteiger partial charge in [-0.2, -0.15) is 13.2 Å². The van der Waals surface area contributed by atoms with Gasteiger partial charge in [0.15, 0.2) is 3.95 Å². The van der Waals surface area contributed by atoms with Crippen LogP contribution in [0.4, 0.5) is 18.3 Å². The minimum atomic E-state index is -4.07. The number of aromatic amines is 1. The lowest BCUT2D eigenvalue weighted by molar-refractivity contribution is -0.179. The Morgan fingerprint density at radius 2 is 2.00 bits per heavy atom. The SMILES string of the molecule is FC(F)(F)C1CCN(c2n[nH]c(=S)s2)CC1. The van der Waals surface area contributed by atoms with Crippen LogP contribution >= 0.6 is 23.6 Å². The highest BCUT2D eigenvalue weighted by Gasteiger charge is 2.41. The van der Waals surface area contributed by atoms with Crippen molar-refractivity contribution in [2.24, 2.45) is 5.92 Å². The standard InChI is InChI=1S/C8H10F3N3S2/c9-8(10,11)5-1-3-14(4-2-5)6-12-13-7(15)16-6/h5H,1-4H2,(H,13,15). The molecule has 0 atom stereocenters. The molecule has 8 heteroatoms. The van der Waals surface area contributed by atoms with Crippen molar-refractivity contribution in [2.45, 2.75) is 19.0 Å². The number of hydrogen-bond acceptors (Lipinski definition) is 4. The molecule has 0 bridgehead atoms. The molecule has 1 aliphatic rings. The predicted octanol–water partition coefficient (Wildman–Crippen LogP) is 2.98. The lowest BCUT2D eigenvalue weighted by Gasteiger charge is -2.32. The van der Waals surface area contributed by atoms with Crippen LogP contribution in [0.5, 0.6) is 0 Å². The highest BCUT2D eigenvalue weighted by atomic mass is 32.1. The fourth-order valence-corrected chi connectivity index (χ4v) is 2.68. The number of alkyl halides is 3. The van der Waals surface area contributed by atoms with Crippen LogP contribution < -0.4 is 4.90 Å². The summed E-state index contributed by atoms with van der Waals surface area (Å²) in [4.78, 5) is 1.85. The number of anilines is 1. The van der Waals surface area contributed by atoms with E-state index in [1.54, 1.807) is 0 Å². The molecule has 0 unspecified atom stereocenters. The summed E-state index contributed by atoms with van der Waals surface area (Å²) in [7, 11) is 0. The number of H-pyrrole nitrogens is 1. The van der Waals surface area contributed by atoms with E-state index in [0.717, 1.165) is 0 Å². The molecular formula is C8H10F3N3S2. The molecule has 90 valence electrons. The van der Waals surface area contributed by atoms with E-state index >= 15 is 0 Å². The summed E-state index contributed by atoms with van der Waals surface area (Å²) in [6.45, 7) is 0.778. The second-order valence-electron chi connectivity index (χ2n) is 3.70. The van der Waals surface area contributed by atoms with Crippen molar-refractivity contribution >= 4 is 28.7 Å². The number of piperidine rings is 1. The molecule has 1 saturated heterocycles. The van der Waals surface area contributed by atoms with E-state index in [2.05, 4.69) is 10.2 Å². The van der Waals surface area contributed by atoms with E-state index in [9.17, 15) is 13.2 Å². The quantitative estimate of drug-likeness (QED) is 0.795. The van der Waals surface area contributed by atoms with Crippen molar-refractivity contribution in [1.82, 2.24) is 10.2 Å². The molecule has 0 aromatic carbocycles. The highest BCUT2D eigenvalue weighted by Crippen LogP contribution is 2.35. The second-order valence-corrected chi connectivity index (χ2v) is 5.34. The summed E-state index contributed by atoms with van der Waals surface area (Å²) in [6, 6.07) is 0. The molecule has 0 saturated carbocycles. The Morgan fingerprint density at radius 1 is 1.38 bits per heavy atom. The number of nitrogens with one attached hydrogen (secondary N) is 1. The predicted molar refractivity (Wildman–Crippen MR) is 58.3 cm³/mol. The Balaban J connectivity index is 1.98. The fourth-order valence-electron chi connectivity index (χ4n) is 1.76. The molecule has 0 radical (unpaired) electrons. The van der Waals surface area contributed by atoms with Crippen LogP contribution in [0.2, 0.25) is 0 Å². The first kappa shape index (κ1) is 11.8. The second kappa shape index (κ2) is 4.33. The Labute approximate surface area is 99.3 Å². The average Bonchev–Trinajstić information content (AvgIpc) is 2.64. The van der Waals surface area contributed by atoms with Gasteiger partial charge in [0.1, 0.15) is 0 Å². The van der Waals surface area contributed by atoms with Gasteiger partial charge in [0, 0.05) is 13.1 Å². The zero-order chi connectivity index (χ0) is 11.8. The third-order valence-electron chi connectivity index (χ3n) is 2.66. The monoisotopic (exact) mass is 269 g/mol. The van der Waals surface area contributed by atoms with Crippen LogP contribution in [0.3, 0.4) is 0 Å². The Bertz CT molecular complexity index is 403. The molecule has 2 heterocycles. The van der Waals surface area contributed by atoms with Gasteiger partial charge in [-0.3, -0.25) is 5.10 Å². The maximum Gasteiger partial charge on any atom is 0.391 e. The summed E-state index contributed by atoms with van der Waals surface area (Å²) >= 11 is 6.17. The first-order chi connectivity index (χ1) is 7.47. The third kappa shape index (κ3) is 2.54. The van der Waals surface area contributed by atoms with Crippen molar-refractivity contribution in [2.75, 3.05) is 18.0 Å². The molecule has 3 nitrogen and oxygen atoms in total. The van der Waals surface area contributed by atoms with Gasteiger partial charge in [0.25, 0.3) is 0 Å². The highest BCUT2D eigenvalue weighted by molar-refractivity contribution is 7.73. The molecule has 1 aromatic heterocycles. The smallest absolute Gasteiger partial charge is 0.347 e. The summed E-state index contributed by atoms with van der Waals surface area (Å²) in [6.07, 6.45) is -3.80. The van der Waals surface area contributed by atoms with Gasteiger partial charge in [-0.15, -0.1) is 5.10 Å². The largest absolute Gasteiger partial charge is 0.391 e. The zero-order valence-electron chi connectivity index (χ0n) is 8.25. The lowest BCUT2D eigenvalue weighted by Crippen LogP contribution is -2.38. The Hall–Kier alpha value is -0.630. The molecule has 1 aliphatic heterocycles. The number of halogens is 3. The van der Waals surface area contributed by atoms with Crippen LogP contribution in [0.25, 0.3) is 0 Å². The molecule has 1 N–H and O–H groups in total. The molecule has 16 heavy (non-hydrogen) atoms. The molecule has 2 rings (SSSR count). The van der Waals surface area contributed by atoms with Crippen LogP contribution in [-0.4, -0.2) is 29.5 Å². The molecule has 0 spiro atoms. The number of rotatable bonds is 1. The maximum atomic E-state index is 12.4. The first-order valence-corrected chi connectivity index (χ1v) is 6.06. The Morgan fingerprint density at radius 3 is 2.44 bits per heavy atom. The number of hydrogen-bond donors (Lipinski definition) is 1. The summed E-state index contributed by atoms with van der Waals surface area (Å²) in [5.74, 6) is -1.17. The zero-order valence-corrected chi connectivity index (χ0v) is 9.88. The van der Waals surface area contributed by atoms with Crippen molar-refractivity contribution < 1.29 is 13.2 Å². The van der Waals surface area contributed by atoms with E-state index in [4.69, 9.17) is 12.2 Å². The molecule has 0 aliphatic carbocycles. The lowest BCUT2D eigenvalue weighted by atomic mass is 9.97. The van der Waals surface area contributed by atoms with Crippen molar-refractivity contribution in [3.63, 3.8) is 0 Å². The normalized spacial score (nSPS) is 19.1. The van der Waals surface area contributed by atoms with Crippen LogP contribution in [0.1, 0.15) is 12.8 Å². The average molecular weight is 269 g/mol. The minimum Gasteiger partial charge on any atom is -0.347 e. The van der Waals surface area contributed by atoms with Crippen LogP contribution in [0.15, 0.2) is 0 Å². The van der Waals surface area contributed by atoms with Gasteiger partial charge in [-0.25, -0.2) is 0 Å². The number of aromatic nitrogens is 2. The van der Waals surface area contributed by atoms with Gasteiger partial charge >= 0.3 is 6.18 Å². The molecule has 1 aromatic rings. The summed E-state index contributed by atoms with van der Waals surface area (Å²) in [5.41, 5.74) is 0. The van der Waals surface area contributed by atoms with Crippen molar-refractivity contribution in [1.29, 1.82) is 0 Å². The molecule has 1 fully saturated rings. The van der Waals surface area contributed by atoms with Gasteiger partial charge in [0.2, 0.25) is 5.13 Å². The summed E-state index contributed by atoms with van der Waals surface area (Å²) in [5, 5.41) is 7.27. The van der Waals surface area contributed by atoms with E-state index in [1.165, 1.54) is 11.3 Å². The third-order valence-corrected chi connectivity index (χ3v) is 3.81. The van der Waals surface area contributed by atoms with Crippen LogP contribution in [0, 0.1) is 9.87 Å². The fraction of sp³-hybridized carbons (Fsp3) is 0.750. The van der Waals surface area contributed by atoms with Gasteiger partial charge < -0.3 is 4.90 Å². The van der Waals surface area contributed by atoms with E-state index in [0.29, 0.717) is 22.2 Å².